The third-order valence-corrected chi connectivity index (χ3v) is 5.13. The monoisotopic (exact) mass is 345 g/mol. The molecule has 0 unspecified atom stereocenters. The van der Waals surface area contributed by atoms with E-state index in [9.17, 15) is 9.90 Å². The van der Waals surface area contributed by atoms with E-state index in [1.54, 1.807) is 11.8 Å². The summed E-state index contributed by atoms with van der Waals surface area (Å²) in [4.78, 5) is 14.2. The van der Waals surface area contributed by atoms with Crippen molar-refractivity contribution < 1.29 is 9.90 Å². The number of carbonyl (C=O) groups excluding carboxylic acids is 1. The zero-order chi connectivity index (χ0) is 16.9. The summed E-state index contributed by atoms with van der Waals surface area (Å²) in [6.45, 7) is 4.05. The van der Waals surface area contributed by atoms with Crippen LogP contribution in [0.3, 0.4) is 0 Å². The first-order chi connectivity index (χ1) is 11.7. The molecule has 24 heavy (non-hydrogen) atoms. The molecular weight excluding hydrogens is 322 g/mol. The Labute approximate surface area is 146 Å². The number of hydrogen-bond acceptors (Lipinski definition) is 4. The zero-order valence-electron chi connectivity index (χ0n) is 13.9. The second-order valence-corrected chi connectivity index (χ2v) is 7.25. The van der Waals surface area contributed by atoms with E-state index in [1.165, 1.54) is 0 Å². The van der Waals surface area contributed by atoms with E-state index in [1.807, 2.05) is 46.0 Å². The van der Waals surface area contributed by atoms with Crippen LogP contribution in [0.5, 0.6) is 0 Å². The Balaban J connectivity index is 1.67. The highest BCUT2D eigenvalue weighted by atomic mass is 32.2. The third-order valence-electron chi connectivity index (χ3n) is 4.23. The number of nitrogens with zero attached hydrogens (tertiary/aromatic N) is 3. The average molecular weight is 345 g/mol. The van der Waals surface area contributed by atoms with Crippen LogP contribution in [0.25, 0.3) is 0 Å². The summed E-state index contributed by atoms with van der Waals surface area (Å²) in [5.74, 6) is 2.12. The van der Waals surface area contributed by atoms with Crippen molar-refractivity contribution in [3.8, 4) is 0 Å². The normalized spacial score (nSPS) is 15.2. The highest BCUT2D eigenvalue weighted by Gasteiger charge is 2.24. The highest BCUT2D eigenvalue weighted by molar-refractivity contribution is 7.99. The summed E-state index contributed by atoms with van der Waals surface area (Å²) >= 11 is 1.79. The first-order valence-electron chi connectivity index (χ1n) is 8.34. The summed E-state index contributed by atoms with van der Waals surface area (Å²) < 4.78 is 1.91. The van der Waals surface area contributed by atoms with Crippen molar-refractivity contribution in [2.45, 2.75) is 32.5 Å². The molecule has 0 saturated carbocycles. The molecule has 2 aromatic rings. The Morgan fingerprint density at radius 1 is 1.33 bits per heavy atom. The van der Waals surface area contributed by atoms with Gasteiger partial charge in [0.2, 0.25) is 5.91 Å². The minimum Gasteiger partial charge on any atom is -0.382 e. The van der Waals surface area contributed by atoms with Crippen molar-refractivity contribution in [3.05, 3.63) is 53.3 Å². The van der Waals surface area contributed by atoms with Crippen LogP contribution in [0.4, 0.5) is 0 Å². The van der Waals surface area contributed by atoms with Gasteiger partial charge in [-0.2, -0.15) is 16.9 Å². The van der Waals surface area contributed by atoms with Crippen molar-refractivity contribution in [2.24, 2.45) is 0 Å². The molecule has 3 rings (SSSR count). The maximum absolute atomic E-state index is 12.3. The number of aliphatic hydroxyl groups excluding tert-OH is 1. The molecule has 1 amide bonds. The van der Waals surface area contributed by atoms with Gasteiger partial charge in [-0.25, -0.2) is 0 Å². The number of hydrogen-bond donors (Lipinski definition) is 1. The Hall–Kier alpha value is -1.79. The van der Waals surface area contributed by atoms with Gasteiger partial charge in [-0.05, 0) is 17.4 Å². The smallest absolute Gasteiger partial charge is 0.223 e. The third kappa shape index (κ3) is 3.82. The van der Waals surface area contributed by atoms with Crippen molar-refractivity contribution in [1.82, 2.24) is 14.7 Å². The molecule has 1 N–H and O–H groups in total. The van der Waals surface area contributed by atoms with Crippen LogP contribution in [0.2, 0.25) is 0 Å². The molecule has 0 spiro atoms. The first kappa shape index (κ1) is 17.0. The van der Waals surface area contributed by atoms with Crippen molar-refractivity contribution >= 4 is 17.7 Å². The number of aromatic nitrogens is 2. The molecule has 1 aromatic heterocycles. The van der Waals surface area contributed by atoms with E-state index >= 15 is 0 Å². The van der Waals surface area contributed by atoms with Gasteiger partial charge in [0, 0.05) is 18.7 Å². The summed E-state index contributed by atoms with van der Waals surface area (Å²) in [7, 11) is 0. The van der Waals surface area contributed by atoms with E-state index < -0.39 is 6.10 Å². The van der Waals surface area contributed by atoms with Gasteiger partial charge < -0.3 is 10.0 Å². The van der Waals surface area contributed by atoms with E-state index in [0.29, 0.717) is 31.7 Å². The molecule has 1 aliphatic rings. The van der Waals surface area contributed by atoms with Crippen LogP contribution in [0.15, 0.2) is 36.4 Å². The maximum Gasteiger partial charge on any atom is 0.223 e. The molecule has 128 valence electrons. The van der Waals surface area contributed by atoms with E-state index in [-0.39, 0.29) is 5.91 Å². The standard InChI is InChI=1S/C18H23N3O2S/c1-2-24-11-8-17(22)20-9-10-21-15(13-20)12-16(19-21)18(23)14-6-4-3-5-7-14/h3-7,12,18,23H,2,8-11,13H2,1H3/t18-/m1/s1. The molecule has 0 fully saturated rings. The first-order valence-corrected chi connectivity index (χ1v) is 9.49. The predicted molar refractivity (Wildman–Crippen MR) is 95.8 cm³/mol. The van der Waals surface area contributed by atoms with Crippen LogP contribution in [0, 0.1) is 0 Å². The number of amides is 1. The molecule has 2 heterocycles. The van der Waals surface area contributed by atoms with Crippen molar-refractivity contribution in [1.29, 1.82) is 0 Å². The second-order valence-electron chi connectivity index (χ2n) is 5.86. The molecule has 0 saturated heterocycles. The van der Waals surface area contributed by atoms with Crippen LogP contribution in [-0.2, 0) is 17.9 Å². The van der Waals surface area contributed by atoms with E-state index in [0.717, 1.165) is 22.8 Å². The summed E-state index contributed by atoms with van der Waals surface area (Å²) in [6, 6.07) is 11.4. The lowest BCUT2D eigenvalue weighted by atomic mass is 10.1. The minimum atomic E-state index is -0.727. The van der Waals surface area contributed by atoms with Crippen molar-refractivity contribution in [3.63, 3.8) is 0 Å². The topological polar surface area (TPSA) is 58.4 Å². The molecule has 0 bridgehead atoms. The number of carbonyl (C=O) groups is 1. The lowest BCUT2D eigenvalue weighted by molar-refractivity contribution is -0.132. The van der Waals surface area contributed by atoms with Crippen molar-refractivity contribution in [2.75, 3.05) is 18.1 Å². The zero-order valence-corrected chi connectivity index (χ0v) is 14.7. The van der Waals surface area contributed by atoms with Crippen LogP contribution in [0.1, 0.15) is 36.4 Å². The minimum absolute atomic E-state index is 0.202. The van der Waals surface area contributed by atoms with Gasteiger partial charge in [0.25, 0.3) is 0 Å². The molecule has 1 aromatic carbocycles. The fraction of sp³-hybridized carbons (Fsp3) is 0.444. The number of aliphatic hydroxyl groups is 1. The molecule has 6 heteroatoms. The van der Waals surface area contributed by atoms with Crippen LogP contribution in [-0.4, -0.2) is 43.7 Å². The number of benzene rings is 1. The van der Waals surface area contributed by atoms with E-state index in [2.05, 4.69) is 12.0 Å². The van der Waals surface area contributed by atoms with Gasteiger partial charge in [0.15, 0.2) is 0 Å². The average Bonchev–Trinajstić information content (AvgIpc) is 3.05. The van der Waals surface area contributed by atoms with Crippen LogP contribution >= 0.6 is 11.8 Å². The lowest BCUT2D eigenvalue weighted by Crippen LogP contribution is -2.38. The fourth-order valence-electron chi connectivity index (χ4n) is 2.90. The Morgan fingerprint density at radius 2 is 2.12 bits per heavy atom. The predicted octanol–water partition coefficient (Wildman–Crippen LogP) is 2.45. The molecule has 0 aliphatic carbocycles. The SMILES string of the molecule is CCSCCC(=O)N1CCn2nc([C@H](O)c3ccccc3)cc2C1. The molecule has 1 aliphatic heterocycles. The number of rotatable bonds is 6. The molecule has 0 radical (unpaired) electrons. The fourth-order valence-corrected chi connectivity index (χ4v) is 3.51. The molecular formula is C18H23N3O2S. The summed E-state index contributed by atoms with van der Waals surface area (Å²) in [5, 5.41) is 15.0. The Morgan fingerprint density at radius 3 is 2.88 bits per heavy atom. The summed E-state index contributed by atoms with van der Waals surface area (Å²) in [5.41, 5.74) is 2.47. The Bertz CT molecular complexity index is 687. The Kier molecular flexibility index (Phi) is 5.58. The van der Waals surface area contributed by atoms with Gasteiger partial charge >= 0.3 is 0 Å². The quantitative estimate of drug-likeness (QED) is 0.817. The number of thioether (sulfide) groups is 1. The van der Waals surface area contributed by atoms with Gasteiger partial charge in [0.05, 0.1) is 24.5 Å². The highest BCUT2D eigenvalue weighted by Crippen LogP contribution is 2.23. The van der Waals surface area contributed by atoms with E-state index in [4.69, 9.17) is 0 Å². The molecule has 5 nitrogen and oxygen atoms in total. The molecule has 1 atom stereocenters. The second kappa shape index (κ2) is 7.85. The largest absolute Gasteiger partial charge is 0.382 e. The number of fused-ring (bicyclic) bond motifs is 1. The van der Waals surface area contributed by atoms with Gasteiger partial charge in [-0.1, -0.05) is 37.3 Å². The summed E-state index contributed by atoms with van der Waals surface area (Å²) in [6.07, 6.45) is -0.138. The lowest BCUT2D eigenvalue weighted by Gasteiger charge is -2.27. The van der Waals surface area contributed by atoms with Gasteiger partial charge in [-0.3, -0.25) is 9.48 Å². The van der Waals surface area contributed by atoms with Gasteiger partial charge in [0.1, 0.15) is 6.10 Å². The maximum atomic E-state index is 12.3. The van der Waals surface area contributed by atoms with Gasteiger partial charge in [-0.15, -0.1) is 0 Å². The van der Waals surface area contributed by atoms with Crippen LogP contribution < -0.4 is 0 Å².